The van der Waals surface area contributed by atoms with E-state index in [1.54, 1.807) is 0 Å². The van der Waals surface area contributed by atoms with Crippen molar-refractivity contribution >= 4 is 5.97 Å². The Balaban J connectivity index is 1.68. The Labute approximate surface area is 119 Å². The predicted octanol–water partition coefficient (Wildman–Crippen LogP) is 1.16. The number of nitrogens with zero attached hydrogens (tertiary/aromatic N) is 2. The Morgan fingerprint density at radius 2 is 1.80 bits per heavy atom. The molecule has 0 aromatic heterocycles. The van der Waals surface area contributed by atoms with Crippen LogP contribution in [0.15, 0.2) is 30.3 Å². The molecule has 2 rings (SSSR count). The van der Waals surface area contributed by atoms with Gasteiger partial charge in [0.1, 0.15) is 12.4 Å². The van der Waals surface area contributed by atoms with Gasteiger partial charge in [-0.15, -0.1) is 0 Å². The molecule has 0 radical (unpaired) electrons. The smallest absolute Gasteiger partial charge is 0.317 e. The standard InChI is InChI=1S/C15H22N2O3/c18-15(19)13-17-8-4-7-16(9-10-17)11-12-20-14-5-2-1-3-6-14/h1-3,5-6H,4,7-13H2,(H,18,19). The monoisotopic (exact) mass is 278 g/mol. The maximum Gasteiger partial charge on any atom is 0.317 e. The zero-order valence-electron chi connectivity index (χ0n) is 11.7. The fraction of sp³-hybridized carbons (Fsp3) is 0.533. The predicted molar refractivity (Wildman–Crippen MR) is 77.1 cm³/mol. The van der Waals surface area contributed by atoms with Gasteiger partial charge in [-0.2, -0.15) is 0 Å². The van der Waals surface area contributed by atoms with Crippen LogP contribution in [0.3, 0.4) is 0 Å². The van der Waals surface area contributed by atoms with Crippen molar-refractivity contribution in [3.05, 3.63) is 30.3 Å². The molecule has 1 aliphatic heterocycles. The normalized spacial score (nSPS) is 17.6. The minimum atomic E-state index is -0.745. The molecule has 20 heavy (non-hydrogen) atoms. The van der Waals surface area contributed by atoms with E-state index in [1.165, 1.54) is 0 Å². The average Bonchev–Trinajstić information content (AvgIpc) is 2.65. The summed E-state index contributed by atoms with van der Waals surface area (Å²) in [5, 5.41) is 8.82. The third-order valence-corrected chi connectivity index (χ3v) is 3.46. The van der Waals surface area contributed by atoms with E-state index in [0.717, 1.165) is 44.9 Å². The Morgan fingerprint density at radius 3 is 2.55 bits per heavy atom. The third-order valence-electron chi connectivity index (χ3n) is 3.46. The van der Waals surface area contributed by atoms with Crippen molar-refractivity contribution in [3.63, 3.8) is 0 Å². The lowest BCUT2D eigenvalue weighted by Crippen LogP contribution is -2.35. The van der Waals surface area contributed by atoms with Gasteiger partial charge in [-0.05, 0) is 25.1 Å². The quantitative estimate of drug-likeness (QED) is 0.846. The first-order valence-corrected chi connectivity index (χ1v) is 7.08. The summed E-state index contributed by atoms with van der Waals surface area (Å²) < 4.78 is 5.69. The van der Waals surface area contributed by atoms with Gasteiger partial charge in [0, 0.05) is 26.2 Å². The number of carboxylic acid groups (broad SMARTS) is 1. The zero-order valence-corrected chi connectivity index (χ0v) is 11.7. The van der Waals surface area contributed by atoms with Crippen LogP contribution in [0.4, 0.5) is 0 Å². The van der Waals surface area contributed by atoms with Gasteiger partial charge >= 0.3 is 5.97 Å². The highest BCUT2D eigenvalue weighted by atomic mass is 16.5. The molecule has 110 valence electrons. The van der Waals surface area contributed by atoms with Crippen molar-refractivity contribution in [2.75, 3.05) is 45.9 Å². The zero-order chi connectivity index (χ0) is 14.2. The molecule has 0 saturated carbocycles. The van der Waals surface area contributed by atoms with Crippen LogP contribution in [-0.2, 0) is 4.79 Å². The second-order valence-corrected chi connectivity index (χ2v) is 5.03. The Bertz CT molecular complexity index is 411. The first-order chi connectivity index (χ1) is 9.74. The van der Waals surface area contributed by atoms with E-state index in [0.29, 0.717) is 6.61 Å². The van der Waals surface area contributed by atoms with Gasteiger partial charge in [-0.25, -0.2) is 0 Å². The van der Waals surface area contributed by atoms with Crippen LogP contribution in [0, 0.1) is 0 Å². The molecule has 1 heterocycles. The molecule has 1 fully saturated rings. The van der Waals surface area contributed by atoms with Crippen LogP contribution >= 0.6 is 0 Å². The van der Waals surface area contributed by atoms with Gasteiger partial charge < -0.3 is 9.84 Å². The highest BCUT2D eigenvalue weighted by Gasteiger charge is 2.16. The van der Waals surface area contributed by atoms with Crippen LogP contribution in [0.5, 0.6) is 5.75 Å². The van der Waals surface area contributed by atoms with Crippen molar-refractivity contribution in [2.45, 2.75) is 6.42 Å². The number of benzene rings is 1. The lowest BCUT2D eigenvalue weighted by molar-refractivity contribution is -0.138. The molecule has 1 aromatic rings. The minimum Gasteiger partial charge on any atom is -0.492 e. The number of hydrogen-bond acceptors (Lipinski definition) is 4. The van der Waals surface area contributed by atoms with Gasteiger partial charge in [0.2, 0.25) is 0 Å². The van der Waals surface area contributed by atoms with Crippen LogP contribution in [0.25, 0.3) is 0 Å². The first-order valence-electron chi connectivity index (χ1n) is 7.08. The van der Waals surface area contributed by atoms with E-state index >= 15 is 0 Å². The number of para-hydroxylation sites is 1. The molecule has 0 spiro atoms. The summed E-state index contributed by atoms with van der Waals surface area (Å²) in [5.41, 5.74) is 0. The average molecular weight is 278 g/mol. The maximum absolute atomic E-state index is 10.7. The lowest BCUT2D eigenvalue weighted by Gasteiger charge is -2.20. The molecule has 1 N–H and O–H groups in total. The summed E-state index contributed by atoms with van der Waals surface area (Å²) in [5.74, 6) is 0.153. The van der Waals surface area contributed by atoms with Gasteiger partial charge in [0.05, 0.1) is 6.54 Å². The van der Waals surface area contributed by atoms with E-state index < -0.39 is 5.97 Å². The lowest BCUT2D eigenvalue weighted by atomic mass is 10.3. The van der Waals surface area contributed by atoms with Crippen molar-refractivity contribution < 1.29 is 14.6 Å². The molecular formula is C15H22N2O3. The maximum atomic E-state index is 10.7. The van der Waals surface area contributed by atoms with Crippen molar-refractivity contribution in [1.29, 1.82) is 0 Å². The fourth-order valence-electron chi connectivity index (χ4n) is 2.41. The number of carbonyl (C=O) groups is 1. The molecule has 5 heteroatoms. The second-order valence-electron chi connectivity index (χ2n) is 5.03. The van der Waals surface area contributed by atoms with Crippen LogP contribution < -0.4 is 4.74 Å². The number of rotatable bonds is 6. The first kappa shape index (κ1) is 14.8. The number of hydrogen-bond donors (Lipinski definition) is 1. The molecule has 1 aliphatic rings. The molecule has 0 atom stereocenters. The Morgan fingerprint density at radius 1 is 1.10 bits per heavy atom. The number of ether oxygens (including phenoxy) is 1. The fourth-order valence-corrected chi connectivity index (χ4v) is 2.41. The molecule has 0 aliphatic carbocycles. The highest BCUT2D eigenvalue weighted by Crippen LogP contribution is 2.08. The van der Waals surface area contributed by atoms with Gasteiger partial charge in [-0.3, -0.25) is 14.6 Å². The van der Waals surface area contributed by atoms with Gasteiger partial charge in [-0.1, -0.05) is 18.2 Å². The van der Waals surface area contributed by atoms with E-state index in [1.807, 2.05) is 35.2 Å². The van der Waals surface area contributed by atoms with E-state index in [9.17, 15) is 4.79 Å². The molecular weight excluding hydrogens is 256 g/mol. The molecule has 0 bridgehead atoms. The van der Waals surface area contributed by atoms with Gasteiger partial charge in [0.15, 0.2) is 0 Å². The second kappa shape index (κ2) is 7.87. The SMILES string of the molecule is O=C(O)CN1CCCN(CCOc2ccccc2)CC1. The summed E-state index contributed by atoms with van der Waals surface area (Å²) in [6.07, 6.45) is 1.01. The summed E-state index contributed by atoms with van der Waals surface area (Å²) in [6.45, 7) is 5.30. The van der Waals surface area contributed by atoms with Crippen LogP contribution in [0.2, 0.25) is 0 Å². The molecule has 1 saturated heterocycles. The van der Waals surface area contributed by atoms with E-state index in [4.69, 9.17) is 9.84 Å². The van der Waals surface area contributed by atoms with E-state index in [2.05, 4.69) is 4.90 Å². The Hall–Kier alpha value is -1.59. The molecule has 5 nitrogen and oxygen atoms in total. The minimum absolute atomic E-state index is 0.147. The van der Waals surface area contributed by atoms with Gasteiger partial charge in [0.25, 0.3) is 0 Å². The largest absolute Gasteiger partial charge is 0.492 e. The summed E-state index contributed by atoms with van der Waals surface area (Å²) in [6, 6.07) is 9.81. The highest BCUT2D eigenvalue weighted by molar-refractivity contribution is 5.69. The number of aliphatic carboxylic acids is 1. The number of carboxylic acids is 1. The summed E-state index contributed by atoms with van der Waals surface area (Å²) >= 11 is 0. The van der Waals surface area contributed by atoms with Crippen molar-refractivity contribution in [1.82, 2.24) is 9.80 Å². The van der Waals surface area contributed by atoms with Crippen molar-refractivity contribution in [2.24, 2.45) is 0 Å². The van der Waals surface area contributed by atoms with Crippen LogP contribution in [-0.4, -0.2) is 66.8 Å². The molecule has 1 aromatic carbocycles. The van der Waals surface area contributed by atoms with Crippen LogP contribution in [0.1, 0.15) is 6.42 Å². The molecule has 0 unspecified atom stereocenters. The Kier molecular flexibility index (Phi) is 5.83. The summed E-state index contributed by atoms with van der Waals surface area (Å²) in [4.78, 5) is 15.1. The van der Waals surface area contributed by atoms with Crippen molar-refractivity contribution in [3.8, 4) is 5.75 Å². The van der Waals surface area contributed by atoms with E-state index in [-0.39, 0.29) is 6.54 Å². The molecule has 0 amide bonds. The third kappa shape index (κ3) is 5.19. The topological polar surface area (TPSA) is 53.0 Å². The summed E-state index contributed by atoms with van der Waals surface area (Å²) in [7, 11) is 0.